The SMILES string of the molecule is CC1(CNC2CCCC2C#N)CCOCC1. The molecule has 3 nitrogen and oxygen atoms in total. The Morgan fingerprint density at radius 2 is 2.12 bits per heavy atom. The number of nitrogens with one attached hydrogen (secondary N) is 1. The molecule has 0 spiro atoms. The van der Waals surface area contributed by atoms with Gasteiger partial charge in [0, 0.05) is 25.8 Å². The molecule has 0 aromatic carbocycles. The lowest BCUT2D eigenvalue weighted by Gasteiger charge is -2.35. The van der Waals surface area contributed by atoms with Crippen molar-refractivity contribution in [1.29, 1.82) is 5.26 Å². The Bertz CT molecular complexity index is 266. The molecule has 0 aromatic rings. The van der Waals surface area contributed by atoms with Crippen molar-refractivity contribution in [2.75, 3.05) is 19.8 Å². The molecule has 0 amide bonds. The van der Waals surface area contributed by atoms with Crippen LogP contribution in [-0.2, 0) is 4.74 Å². The Balaban J connectivity index is 1.80. The average molecular weight is 222 g/mol. The van der Waals surface area contributed by atoms with Crippen LogP contribution in [0.2, 0.25) is 0 Å². The van der Waals surface area contributed by atoms with Gasteiger partial charge in [0.25, 0.3) is 0 Å². The maximum Gasteiger partial charge on any atom is 0.0672 e. The molecule has 0 radical (unpaired) electrons. The van der Waals surface area contributed by atoms with E-state index in [4.69, 9.17) is 10.00 Å². The van der Waals surface area contributed by atoms with E-state index in [0.717, 1.165) is 39.0 Å². The van der Waals surface area contributed by atoms with Crippen LogP contribution in [0.1, 0.15) is 39.0 Å². The Hall–Kier alpha value is -0.590. The van der Waals surface area contributed by atoms with Crippen LogP contribution in [0.5, 0.6) is 0 Å². The topological polar surface area (TPSA) is 45.0 Å². The van der Waals surface area contributed by atoms with Crippen molar-refractivity contribution in [3.63, 3.8) is 0 Å². The minimum atomic E-state index is 0.239. The van der Waals surface area contributed by atoms with E-state index in [1.54, 1.807) is 0 Å². The Morgan fingerprint density at radius 1 is 1.38 bits per heavy atom. The van der Waals surface area contributed by atoms with Crippen molar-refractivity contribution < 1.29 is 4.74 Å². The van der Waals surface area contributed by atoms with Gasteiger partial charge in [-0.25, -0.2) is 0 Å². The van der Waals surface area contributed by atoms with Crippen LogP contribution in [0.15, 0.2) is 0 Å². The van der Waals surface area contributed by atoms with Crippen LogP contribution in [0, 0.1) is 22.7 Å². The van der Waals surface area contributed by atoms with Gasteiger partial charge in [-0.3, -0.25) is 0 Å². The third-order valence-electron chi connectivity index (χ3n) is 4.17. The lowest BCUT2D eigenvalue weighted by Crippen LogP contribution is -2.42. The highest BCUT2D eigenvalue weighted by Crippen LogP contribution is 2.31. The predicted molar refractivity (Wildman–Crippen MR) is 62.9 cm³/mol. The summed E-state index contributed by atoms with van der Waals surface area (Å²) in [5, 5.41) is 12.6. The van der Waals surface area contributed by atoms with Gasteiger partial charge in [0.2, 0.25) is 0 Å². The molecule has 2 aliphatic rings. The van der Waals surface area contributed by atoms with E-state index < -0.39 is 0 Å². The lowest BCUT2D eigenvalue weighted by atomic mass is 9.82. The summed E-state index contributed by atoms with van der Waals surface area (Å²) in [7, 11) is 0. The zero-order valence-corrected chi connectivity index (χ0v) is 10.2. The van der Waals surface area contributed by atoms with E-state index in [0.29, 0.717) is 11.5 Å². The molecule has 0 aromatic heterocycles. The molecule has 2 atom stereocenters. The molecule has 1 aliphatic heterocycles. The fourth-order valence-electron chi connectivity index (χ4n) is 2.78. The molecule has 1 aliphatic carbocycles. The molecule has 1 heterocycles. The average Bonchev–Trinajstić information content (AvgIpc) is 2.75. The quantitative estimate of drug-likeness (QED) is 0.795. The zero-order chi connectivity index (χ0) is 11.4. The van der Waals surface area contributed by atoms with Gasteiger partial charge in [0.1, 0.15) is 0 Å². The lowest BCUT2D eigenvalue weighted by molar-refractivity contribution is 0.0226. The molecule has 90 valence electrons. The highest BCUT2D eigenvalue weighted by molar-refractivity contribution is 4.97. The molecule has 0 bridgehead atoms. The maximum atomic E-state index is 9.03. The molecule has 1 saturated carbocycles. The second kappa shape index (κ2) is 5.16. The number of hydrogen-bond acceptors (Lipinski definition) is 3. The monoisotopic (exact) mass is 222 g/mol. The van der Waals surface area contributed by atoms with Crippen LogP contribution in [-0.4, -0.2) is 25.8 Å². The summed E-state index contributed by atoms with van der Waals surface area (Å²) in [6.45, 7) is 5.16. The Labute approximate surface area is 98.2 Å². The predicted octanol–water partition coefficient (Wildman–Crippen LogP) is 2.08. The standard InChI is InChI=1S/C13H22N2O/c1-13(5-7-16-8-6-13)10-15-12-4-2-3-11(12)9-14/h11-12,15H,2-8,10H2,1H3. The van der Waals surface area contributed by atoms with Crippen LogP contribution >= 0.6 is 0 Å². The van der Waals surface area contributed by atoms with E-state index >= 15 is 0 Å². The molecule has 1 saturated heterocycles. The first-order chi connectivity index (χ1) is 7.73. The van der Waals surface area contributed by atoms with Gasteiger partial charge >= 0.3 is 0 Å². The highest BCUT2D eigenvalue weighted by atomic mass is 16.5. The van der Waals surface area contributed by atoms with Gasteiger partial charge in [-0.1, -0.05) is 13.3 Å². The number of nitriles is 1. The van der Waals surface area contributed by atoms with Crippen LogP contribution in [0.3, 0.4) is 0 Å². The summed E-state index contributed by atoms with van der Waals surface area (Å²) < 4.78 is 5.40. The van der Waals surface area contributed by atoms with E-state index in [1.807, 2.05) is 0 Å². The fraction of sp³-hybridized carbons (Fsp3) is 0.923. The molecule has 16 heavy (non-hydrogen) atoms. The van der Waals surface area contributed by atoms with Gasteiger partial charge < -0.3 is 10.1 Å². The Morgan fingerprint density at radius 3 is 2.81 bits per heavy atom. The third kappa shape index (κ3) is 2.75. The van der Waals surface area contributed by atoms with Crippen molar-refractivity contribution in [3.05, 3.63) is 0 Å². The molecule has 1 N–H and O–H groups in total. The number of hydrogen-bond donors (Lipinski definition) is 1. The second-order valence-electron chi connectivity index (χ2n) is 5.58. The molecule has 3 heteroatoms. The summed E-state index contributed by atoms with van der Waals surface area (Å²) in [5.41, 5.74) is 0.376. The van der Waals surface area contributed by atoms with E-state index in [9.17, 15) is 0 Å². The summed E-state index contributed by atoms with van der Waals surface area (Å²) >= 11 is 0. The molecule has 2 unspecified atom stereocenters. The summed E-state index contributed by atoms with van der Waals surface area (Å²) in [6, 6.07) is 2.86. The van der Waals surface area contributed by atoms with Gasteiger partial charge in [-0.15, -0.1) is 0 Å². The van der Waals surface area contributed by atoms with Crippen molar-refractivity contribution in [2.24, 2.45) is 11.3 Å². The van der Waals surface area contributed by atoms with Crippen LogP contribution in [0.4, 0.5) is 0 Å². The van der Waals surface area contributed by atoms with E-state index in [2.05, 4.69) is 18.3 Å². The van der Waals surface area contributed by atoms with Crippen LogP contribution < -0.4 is 5.32 Å². The van der Waals surface area contributed by atoms with Gasteiger partial charge in [-0.05, 0) is 31.1 Å². The molecular weight excluding hydrogens is 200 g/mol. The van der Waals surface area contributed by atoms with Crippen LogP contribution in [0.25, 0.3) is 0 Å². The first-order valence-corrected chi connectivity index (χ1v) is 6.44. The molecule has 2 rings (SSSR count). The van der Waals surface area contributed by atoms with Crippen molar-refractivity contribution in [3.8, 4) is 6.07 Å². The van der Waals surface area contributed by atoms with Gasteiger partial charge in [-0.2, -0.15) is 5.26 Å². The third-order valence-corrected chi connectivity index (χ3v) is 4.17. The number of nitrogens with zero attached hydrogens (tertiary/aromatic N) is 1. The zero-order valence-electron chi connectivity index (χ0n) is 10.2. The minimum absolute atomic E-state index is 0.239. The first-order valence-electron chi connectivity index (χ1n) is 6.44. The Kier molecular flexibility index (Phi) is 3.83. The van der Waals surface area contributed by atoms with Gasteiger partial charge in [0.05, 0.1) is 12.0 Å². The van der Waals surface area contributed by atoms with Crippen molar-refractivity contribution >= 4 is 0 Å². The van der Waals surface area contributed by atoms with Crippen molar-refractivity contribution in [2.45, 2.75) is 45.1 Å². The normalized spacial score (nSPS) is 33.5. The van der Waals surface area contributed by atoms with E-state index in [-0.39, 0.29) is 5.92 Å². The molecule has 2 fully saturated rings. The smallest absolute Gasteiger partial charge is 0.0672 e. The van der Waals surface area contributed by atoms with Gasteiger partial charge in [0.15, 0.2) is 0 Å². The summed E-state index contributed by atoms with van der Waals surface area (Å²) in [6.07, 6.45) is 5.74. The molecular formula is C13H22N2O. The van der Waals surface area contributed by atoms with E-state index in [1.165, 1.54) is 12.8 Å². The maximum absolute atomic E-state index is 9.03. The summed E-state index contributed by atoms with van der Waals surface area (Å²) in [4.78, 5) is 0. The highest BCUT2D eigenvalue weighted by Gasteiger charge is 2.31. The first kappa shape index (κ1) is 11.9. The second-order valence-corrected chi connectivity index (χ2v) is 5.58. The largest absolute Gasteiger partial charge is 0.381 e. The summed E-state index contributed by atoms with van der Waals surface area (Å²) in [5.74, 6) is 0.239. The number of rotatable bonds is 3. The minimum Gasteiger partial charge on any atom is -0.381 e. The van der Waals surface area contributed by atoms with Crippen molar-refractivity contribution in [1.82, 2.24) is 5.32 Å². The number of ether oxygens (including phenoxy) is 1. The fourth-order valence-corrected chi connectivity index (χ4v) is 2.78.